The SMILES string of the molecule is CCCc1cc2nc(c1)CN[C@@H]1CCCCC1NCC[N-]C1CCCC[C@H]1NC2.[Cl][Mn][Cl]. The summed E-state index contributed by atoms with van der Waals surface area (Å²) in [7, 11) is 9.59. The fourth-order valence-electron chi connectivity index (χ4n) is 5.47. The summed E-state index contributed by atoms with van der Waals surface area (Å²) in [6, 6.07) is 6.74. The Morgan fingerprint density at radius 1 is 0.906 bits per heavy atom. The van der Waals surface area contributed by atoms with Gasteiger partial charge in [-0.25, -0.2) is 0 Å². The van der Waals surface area contributed by atoms with Crippen LogP contribution in [0.4, 0.5) is 0 Å². The molecule has 1 aliphatic heterocycles. The van der Waals surface area contributed by atoms with E-state index < -0.39 is 0 Å². The van der Waals surface area contributed by atoms with Crippen LogP contribution < -0.4 is 16.0 Å². The van der Waals surface area contributed by atoms with Crippen LogP contribution in [0.25, 0.3) is 5.32 Å². The van der Waals surface area contributed by atoms with Crippen LogP contribution in [0.5, 0.6) is 0 Å². The van der Waals surface area contributed by atoms with Gasteiger partial charge >= 0.3 is 33.3 Å². The van der Waals surface area contributed by atoms with E-state index >= 15 is 0 Å². The van der Waals surface area contributed by atoms with Gasteiger partial charge in [0.2, 0.25) is 0 Å². The maximum absolute atomic E-state index is 5.11. The first-order valence-electron chi connectivity index (χ1n) is 12.5. The van der Waals surface area contributed by atoms with Crippen LogP contribution in [0.3, 0.4) is 0 Å². The molecule has 2 aliphatic carbocycles. The third kappa shape index (κ3) is 8.70. The molecule has 183 valence electrons. The number of nitrogens with zero attached hydrogens (tertiary/aromatic N) is 2. The zero-order valence-electron chi connectivity index (χ0n) is 19.4. The van der Waals surface area contributed by atoms with E-state index in [0.717, 1.165) is 32.6 Å². The van der Waals surface area contributed by atoms with E-state index in [1.54, 1.807) is 0 Å². The van der Waals surface area contributed by atoms with Gasteiger partial charge in [-0.1, -0.05) is 45.4 Å². The summed E-state index contributed by atoms with van der Waals surface area (Å²) in [5, 5.41) is 16.6. The Morgan fingerprint density at radius 3 is 2.12 bits per heavy atom. The fraction of sp³-hybridized carbons (Fsp3) is 0.792. The van der Waals surface area contributed by atoms with Crippen LogP contribution in [0.2, 0.25) is 0 Å². The van der Waals surface area contributed by atoms with Gasteiger partial charge in [-0.15, -0.1) is 12.6 Å². The van der Waals surface area contributed by atoms with Gasteiger partial charge in [0.1, 0.15) is 0 Å². The number of pyridine rings is 1. The summed E-state index contributed by atoms with van der Waals surface area (Å²) in [5.74, 6) is 0. The van der Waals surface area contributed by atoms with Gasteiger partial charge in [0.15, 0.2) is 0 Å². The van der Waals surface area contributed by atoms with Gasteiger partial charge in [-0.05, 0) is 56.0 Å². The minimum absolute atomic E-state index is 0.00694. The average molecular weight is 524 g/mol. The molecule has 2 unspecified atom stereocenters. The number of aryl methyl sites for hydroxylation is 1. The van der Waals surface area contributed by atoms with Crippen LogP contribution in [0.1, 0.15) is 81.7 Å². The normalized spacial score (nSPS) is 29.3. The molecule has 0 spiro atoms. The van der Waals surface area contributed by atoms with Crippen molar-refractivity contribution >= 4 is 20.2 Å². The summed E-state index contributed by atoms with van der Waals surface area (Å²) < 4.78 is 0. The molecule has 2 fully saturated rings. The summed E-state index contributed by atoms with van der Waals surface area (Å²) in [5.41, 5.74) is 3.84. The van der Waals surface area contributed by atoms with E-state index in [0.29, 0.717) is 24.2 Å². The van der Waals surface area contributed by atoms with Crippen LogP contribution in [-0.2, 0) is 32.6 Å². The van der Waals surface area contributed by atoms with Crippen molar-refractivity contribution in [1.29, 1.82) is 0 Å². The molecule has 3 N–H and O–H groups in total. The molecule has 8 heteroatoms. The Kier molecular flexibility index (Phi) is 12.6. The molecule has 2 bridgehead atoms. The van der Waals surface area contributed by atoms with Gasteiger partial charge in [-0.2, -0.15) is 0 Å². The Morgan fingerprint density at radius 2 is 1.47 bits per heavy atom. The second kappa shape index (κ2) is 15.2. The molecule has 5 nitrogen and oxygen atoms in total. The fourth-order valence-corrected chi connectivity index (χ4v) is 5.47. The number of nitrogens with one attached hydrogen (secondary N) is 3. The van der Waals surface area contributed by atoms with Gasteiger partial charge in [0.05, 0.1) is 11.4 Å². The number of rotatable bonds is 2. The molecular formula is C24H40Cl2MnN5-. The molecule has 2 heterocycles. The Balaban J connectivity index is 0.000000913. The van der Waals surface area contributed by atoms with Gasteiger partial charge in [0, 0.05) is 25.2 Å². The third-order valence-corrected chi connectivity index (χ3v) is 7.00. The molecule has 4 atom stereocenters. The maximum atomic E-state index is 5.11. The van der Waals surface area contributed by atoms with Crippen molar-refractivity contribution in [2.75, 3.05) is 13.1 Å². The molecule has 0 aromatic carbocycles. The van der Waals surface area contributed by atoms with E-state index in [-0.39, 0.29) is 13.1 Å². The zero-order valence-corrected chi connectivity index (χ0v) is 22.1. The quantitative estimate of drug-likeness (QED) is 0.467. The monoisotopic (exact) mass is 523 g/mol. The van der Waals surface area contributed by atoms with Gasteiger partial charge in [-0.3, -0.25) is 4.98 Å². The molecule has 0 amide bonds. The molecule has 32 heavy (non-hydrogen) atoms. The van der Waals surface area contributed by atoms with Crippen molar-refractivity contribution in [3.63, 3.8) is 0 Å². The number of aromatic nitrogens is 1. The van der Waals surface area contributed by atoms with Crippen LogP contribution >= 0.6 is 20.2 Å². The van der Waals surface area contributed by atoms with Crippen molar-refractivity contribution in [3.8, 4) is 0 Å². The number of hydrogen-bond donors (Lipinski definition) is 3. The molecule has 3 aliphatic rings. The summed E-state index contributed by atoms with van der Waals surface area (Å²) in [6.07, 6.45) is 12.7. The van der Waals surface area contributed by atoms with Crippen molar-refractivity contribution < 1.29 is 13.1 Å². The van der Waals surface area contributed by atoms with Gasteiger partial charge < -0.3 is 21.3 Å². The first-order chi connectivity index (χ1) is 15.7. The van der Waals surface area contributed by atoms with Crippen molar-refractivity contribution in [1.82, 2.24) is 20.9 Å². The van der Waals surface area contributed by atoms with Crippen molar-refractivity contribution in [2.45, 2.75) is 108 Å². The minimum atomic E-state index is 0.00694. The first-order valence-corrected chi connectivity index (χ1v) is 15.7. The third-order valence-electron chi connectivity index (χ3n) is 7.00. The van der Waals surface area contributed by atoms with E-state index in [1.165, 1.54) is 74.7 Å². The van der Waals surface area contributed by atoms with E-state index in [1.807, 2.05) is 0 Å². The van der Waals surface area contributed by atoms with Crippen LogP contribution in [-0.4, -0.2) is 42.2 Å². The first kappa shape index (κ1) is 26.7. The second-order valence-electron chi connectivity index (χ2n) is 9.34. The Bertz CT molecular complexity index is 617. The van der Waals surface area contributed by atoms with E-state index in [9.17, 15) is 0 Å². The van der Waals surface area contributed by atoms with Crippen molar-refractivity contribution in [2.24, 2.45) is 0 Å². The Hall–Kier alpha value is 0.0895. The van der Waals surface area contributed by atoms with Gasteiger partial charge in [0.25, 0.3) is 0 Å². The topological polar surface area (TPSA) is 63.1 Å². The number of fused-ring (bicyclic) bond motifs is 4. The molecule has 0 radical (unpaired) electrons. The number of halogens is 2. The molecular weight excluding hydrogens is 484 g/mol. The molecule has 0 saturated heterocycles. The van der Waals surface area contributed by atoms with E-state index in [2.05, 4.69) is 35.0 Å². The zero-order chi connectivity index (χ0) is 22.6. The van der Waals surface area contributed by atoms with Crippen LogP contribution in [0, 0.1) is 0 Å². The number of hydrogen-bond acceptors (Lipinski definition) is 4. The van der Waals surface area contributed by atoms with E-state index in [4.69, 9.17) is 30.5 Å². The molecule has 4 rings (SSSR count). The standard InChI is InChI=1S/C24H40N5.2ClH.Mn/c1-2-7-18-14-19-16-27-23-10-5-3-8-21(23)25-12-13-26-22-9-4-6-11-24(22)28-17-20(15-18)29-19;;;/h14-15,21-25,27-28H,2-13,16-17H2,1H3;2*1H;/q-1;;;+2/p-2/t21?,22?,23-,24-;;;/m1.../s1. The second-order valence-corrected chi connectivity index (χ2v) is 11.3. The van der Waals surface area contributed by atoms with Crippen LogP contribution in [0.15, 0.2) is 12.1 Å². The Labute approximate surface area is 209 Å². The molecule has 1 aromatic rings. The predicted octanol–water partition coefficient (Wildman–Crippen LogP) is 5.19. The van der Waals surface area contributed by atoms with Crippen molar-refractivity contribution in [3.05, 3.63) is 34.4 Å². The summed E-state index contributed by atoms with van der Waals surface area (Å²) in [4.78, 5) is 5.03. The predicted molar refractivity (Wildman–Crippen MR) is 132 cm³/mol. The average Bonchev–Trinajstić information content (AvgIpc) is 2.81. The summed E-state index contributed by atoms with van der Waals surface area (Å²) in [6.45, 7) is 5.96. The molecule has 1 aromatic heterocycles. The summed E-state index contributed by atoms with van der Waals surface area (Å²) >= 11 is 0.00694. The molecule has 2 saturated carbocycles.